The van der Waals surface area contributed by atoms with Crippen LogP contribution in [0.2, 0.25) is 0 Å². The van der Waals surface area contributed by atoms with Crippen molar-refractivity contribution in [1.29, 1.82) is 0 Å². The van der Waals surface area contributed by atoms with Gasteiger partial charge in [-0.15, -0.1) is 0 Å². The first-order valence-corrected chi connectivity index (χ1v) is 9.24. The summed E-state index contributed by atoms with van der Waals surface area (Å²) in [6, 6.07) is 0.151. The van der Waals surface area contributed by atoms with E-state index < -0.39 is 17.3 Å². The number of rotatable bonds is 2. The third kappa shape index (κ3) is 1.45. The number of H-pyrrole nitrogens is 1. The molecule has 0 radical (unpaired) electrons. The van der Waals surface area contributed by atoms with Gasteiger partial charge in [-0.1, -0.05) is 0 Å². The Morgan fingerprint density at radius 2 is 2.15 bits per heavy atom. The van der Waals surface area contributed by atoms with Crippen LogP contribution in [0.1, 0.15) is 48.0 Å². The predicted octanol–water partition coefficient (Wildman–Crippen LogP) is 1.99. The molecule has 7 heteroatoms. The summed E-state index contributed by atoms with van der Waals surface area (Å²) in [5.41, 5.74) is 7.81. The predicted molar refractivity (Wildman–Crippen MR) is 93.8 cm³/mol. The number of hydrogen-bond acceptors (Lipinski definition) is 4. The van der Waals surface area contributed by atoms with E-state index in [0.717, 1.165) is 48.0 Å². The number of aromatic amines is 1. The highest BCUT2D eigenvalue weighted by Gasteiger charge is 2.67. The molecule has 0 aromatic carbocycles. The first-order chi connectivity index (χ1) is 12.4. The van der Waals surface area contributed by atoms with E-state index in [4.69, 9.17) is 5.73 Å². The highest BCUT2D eigenvalue weighted by Crippen LogP contribution is 2.68. The van der Waals surface area contributed by atoms with Gasteiger partial charge in [0.05, 0.1) is 16.7 Å². The zero-order valence-corrected chi connectivity index (χ0v) is 14.2. The van der Waals surface area contributed by atoms with Crippen molar-refractivity contribution < 1.29 is 14.7 Å². The van der Waals surface area contributed by atoms with E-state index in [1.807, 2.05) is 6.20 Å². The Bertz CT molecular complexity index is 1010. The van der Waals surface area contributed by atoms with E-state index in [1.54, 1.807) is 0 Å². The van der Waals surface area contributed by atoms with Gasteiger partial charge in [-0.25, -0.2) is 4.98 Å². The van der Waals surface area contributed by atoms with Gasteiger partial charge in [0.15, 0.2) is 0 Å². The molecule has 7 nitrogen and oxygen atoms in total. The maximum absolute atomic E-state index is 12.2. The molecule has 0 saturated heterocycles. The Hall–Kier alpha value is -2.57. The van der Waals surface area contributed by atoms with Crippen molar-refractivity contribution in [3.63, 3.8) is 0 Å². The van der Waals surface area contributed by atoms with Crippen LogP contribution in [-0.2, 0) is 10.2 Å². The summed E-state index contributed by atoms with van der Waals surface area (Å²) in [5, 5.41) is 14.6. The van der Waals surface area contributed by atoms with Gasteiger partial charge in [0.25, 0.3) is 5.91 Å². The van der Waals surface area contributed by atoms with Crippen molar-refractivity contribution in [2.24, 2.45) is 23.0 Å². The molecule has 5 aliphatic rings. The van der Waals surface area contributed by atoms with Crippen LogP contribution in [-0.4, -0.2) is 33.0 Å². The number of carboxylic acids is 1. The zero-order valence-electron chi connectivity index (χ0n) is 14.2. The molecule has 1 amide bonds. The Balaban J connectivity index is 1.64. The van der Waals surface area contributed by atoms with Gasteiger partial charge in [-0.3, -0.25) is 9.59 Å². The number of carboxylic acid groups (broad SMARTS) is 1. The van der Waals surface area contributed by atoms with Crippen molar-refractivity contribution in [2.45, 2.75) is 43.6 Å². The van der Waals surface area contributed by atoms with E-state index in [9.17, 15) is 14.7 Å². The number of hydrogen-bond donors (Lipinski definition) is 4. The number of amides is 1. The second-order valence-corrected chi connectivity index (χ2v) is 8.85. The fourth-order valence-corrected chi connectivity index (χ4v) is 7.03. The summed E-state index contributed by atoms with van der Waals surface area (Å²) in [4.78, 5) is 31.7. The quantitative estimate of drug-likeness (QED) is 0.658. The van der Waals surface area contributed by atoms with Crippen LogP contribution in [0.4, 0.5) is 5.69 Å². The number of nitrogens with two attached hydrogens (primary N) is 1. The van der Waals surface area contributed by atoms with E-state index in [1.165, 1.54) is 6.20 Å². The minimum Gasteiger partial charge on any atom is -0.481 e. The van der Waals surface area contributed by atoms with Gasteiger partial charge in [0.1, 0.15) is 5.65 Å². The van der Waals surface area contributed by atoms with E-state index in [2.05, 4.69) is 15.3 Å². The average Bonchev–Trinajstić information content (AvgIpc) is 3.02. The number of aliphatic carboxylic acids is 1. The normalized spacial score (nSPS) is 38.8. The molecule has 4 fully saturated rings. The second kappa shape index (κ2) is 4.22. The fraction of sp³-hybridized carbons (Fsp3) is 0.526. The molecular formula is C19H20N4O3. The SMILES string of the molecule is NC(=O)c1cnc2[nH]cc3c2c1NC1[C@@H]2C[C@H]4C[C@@](C(=O)O)(C2)C[C@@]31C4. The number of pyridine rings is 1. The minimum absolute atomic E-state index is 0.151. The maximum Gasteiger partial charge on any atom is 0.309 e. The maximum atomic E-state index is 12.2. The monoisotopic (exact) mass is 352 g/mol. The fourth-order valence-electron chi connectivity index (χ4n) is 7.03. The highest BCUT2D eigenvalue weighted by atomic mass is 16.4. The minimum atomic E-state index is -0.647. The average molecular weight is 352 g/mol. The molecule has 2 aromatic rings. The lowest BCUT2D eigenvalue weighted by Crippen LogP contribution is -2.66. The van der Waals surface area contributed by atoms with Crippen LogP contribution in [0, 0.1) is 17.3 Å². The first kappa shape index (κ1) is 14.6. The zero-order chi connectivity index (χ0) is 17.8. The molecule has 1 unspecified atom stereocenters. The molecule has 2 aromatic heterocycles. The van der Waals surface area contributed by atoms with Gasteiger partial charge in [-0.2, -0.15) is 0 Å². The molecule has 26 heavy (non-hydrogen) atoms. The van der Waals surface area contributed by atoms with Crippen LogP contribution in [0.3, 0.4) is 0 Å². The van der Waals surface area contributed by atoms with Crippen molar-refractivity contribution in [2.75, 3.05) is 5.32 Å². The highest BCUT2D eigenvalue weighted by molar-refractivity contribution is 6.08. The van der Waals surface area contributed by atoms with Crippen molar-refractivity contribution in [3.05, 3.63) is 23.5 Å². The second-order valence-electron chi connectivity index (χ2n) is 8.85. The molecule has 4 saturated carbocycles. The molecule has 4 bridgehead atoms. The van der Waals surface area contributed by atoms with Crippen molar-refractivity contribution in [3.8, 4) is 0 Å². The standard InChI is InChI=1S/C19H20N4O3/c20-15(24)10-5-21-16-12-11(6-22-16)19-3-8-1-9(14(19)23-13(10)12)4-18(2-8,7-19)17(25)26/h5-6,8-9,14,23H,1-4,7H2,(H2,20,24)(H,21,22)(H,25,26)/t8-,9+,14?,18+,19-/m0/s1. The topological polar surface area (TPSA) is 121 Å². The van der Waals surface area contributed by atoms with E-state index in [0.29, 0.717) is 23.8 Å². The molecule has 7 rings (SSSR count). The van der Waals surface area contributed by atoms with Gasteiger partial charge in [0.2, 0.25) is 0 Å². The molecule has 5 atom stereocenters. The summed E-state index contributed by atoms with van der Waals surface area (Å²) in [6.07, 6.45) is 7.76. The Kier molecular flexibility index (Phi) is 2.36. The number of primary amides is 1. The van der Waals surface area contributed by atoms with Crippen LogP contribution in [0.5, 0.6) is 0 Å². The van der Waals surface area contributed by atoms with E-state index in [-0.39, 0.29) is 11.5 Å². The van der Waals surface area contributed by atoms with E-state index >= 15 is 0 Å². The molecule has 3 heterocycles. The summed E-state index contributed by atoms with van der Waals surface area (Å²) >= 11 is 0. The smallest absolute Gasteiger partial charge is 0.309 e. The number of carbonyl (C=O) groups excluding carboxylic acids is 1. The Morgan fingerprint density at radius 3 is 2.92 bits per heavy atom. The van der Waals surface area contributed by atoms with Crippen LogP contribution in [0.15, 0.2) is 12.4 Å². The third-order valence-corrected chi connectivity index (χ3v) is 7.60. The van der Waals surface area contributed by atoms with Gasteiger partial charge < -0.3 is 21.1 Å². The molecule has 5 N–H and O–H groups in total. The Morgan fingerprint density at radius 1 is 1.31 bits per heavy atom. The number of aromatic nitrogens is 2. The third-order valence-electron chi connectivity index (χ3n) is 7.60. The van der Waals surface area contributed by atoms with Crippen LogP contribution in [0.25, 0.3) is 11.0 Å². The van der Waals surface area contributed by atoms with Gasteiger partial charge >= 0.3 is 5.97 Å². The molecule has 4 aliphatic carbocycles. The van der Waals surface area contributed by atoms with Crippen LogP contribution < -0.4 is 11.1 Å². The summed E-state index contributed by atoms with van der Waals surface area (Å²) in [7, 11) is 0. The molecule has 1 spiro atoms. The molecule has 134 valence electrons. The Labute approximate surface area is 149 Å². The van der Waals surface area contributed by atoms with Crippen LogP contribution >= 0.6 is 0 Å². The number of anilines is 1. The van der Waals surface area contributed by atoms with Crippen molar-refractivity contribution >= 4 is 28.6 Å². The summed E-state index contributed by atoms with van der Waals surface area (Å²) < 4.78 is 0. The van der Waals surface area contributed by atoms with Gasteiger partial charge in [-0.05, 0) is 49.5 Å². The summed E-state index contributed by atoms with van der Waals surface area (Å²) in [6.45, 7) is 0. The molecular weight excluding hydrogens is 332 g/mol. The summed E-state index contributed by atoms with van der Waals surface area (Å²) in [5.74, 6) is -0.378. The molecule has 1 aliphatic heterocycles. The number of carbonyl (C=O) groups is 2. The lowest BCUT2D eigenvalue weighted by Gasteiger charge is -2.65. The lowest BCUT2D eigenvalue weighted by atomic mass is 9.40. The van der Waals surface area contributed by atoms with Crippen molar-refractivity contribution in [1.82, 2.24) is 9.97 Å². The largest absolute Gasteiger partial charge is 0.481 e. The first-order valence-electron chi connectivity index (χ1n) is 9.24. The number of nitrogens with one attached hydrogen (secondary N) is 2. The van der Waals surface area contributed by atoms with Gasteiger partial charge in [0, 0.05) is 29.2 Å². The number of nitrogens with zero attached hydrogens (tertiary/aromatic N) is 1. The lowest BCUT2D eigenvalue weighted by molar-refractivity contribution is -0.168.